The van der Waals surface area contributed by atoms with Crippen LogP contribution in [0.15, 0.2) is 12.7 Å². The minimum Gasteiger partial charge on any atom is -0.463 e. The predicted octanol–water partition coefficient (Wildman–Crippen LogP) is 3.37. The molecule has 8 nitrogen and oxygen atoms in total. The second-order valence-corrected chi connectivity index (χ2v) is 6.01. The van der Waals surface area contributed by atoms with Gasteiger partial charge in [0.1, 0.15) is 12.7 Å². The van der Waals surface area contributed by atoms with Crippen molar-refractivity contribution in [1.82, 2.24) is 5.32 Å². The summed E-state index contributed by atoms with van der Waals surface area (Å²) in [4.78, 5) is 31.8. The van der Waals surface area contributed by atoms with Gasteiger partial charge in [-0.05, 0) is 40.0 Å². The van der Waals surface area contributed by atoms with E-state index in [1.165, 1.54) is 6.92 Å². The largest absolute Gasteiger partial charge is 0.463 e. The Morgan fingerprint density at radius 3 is 1.79 bits per heavy atom. The summed E-state index contributed by atoms with van der Waals surface area (Å²) in [6.45, 7) is 16.3. The lowest BCUT2D eigenvalue weighted by Gasteiger charge is -2.11. The first-order chi connectivity index (χ1) is 13.0. The molecule has 0 aromatic rings. The van der Waals surface area contributed by atoms with E-state index in [1.807, 2.05) is 27.7 Å². The van der Waals surface area contributed by atoms with Crippen LogP contribution in [0.3, 0.4) is 0 Å². The lowest BCUT2D eigenvalue weighted by atomic mass is 10.3. The van der Waals surface area contributed by atoms with Crippen molar-refractivity contribution in [2.24, 2.45) is 0 Å². The van der Waals surface area contributed by atoms with Crippen LogP contribution in [0.4, 0.5) is 4.79 Å². The van der Waals surface area contributed by atoms with Crippen molar-refractivity contribution >= 4 is 18.0 Å². The summed E-state index contributed by atoms with van der Waals surface area (Å²) in [7, 11) is 0. The summed E-state index contributed by atoms with van der Waals surface area (Å²) < 4.78 is 14.3. The standard InChI is InChI=1S/C10H17NO4.C6H12O2.C4H10O/c1-4-8(3)15-10(13)11-6-7-14-9(12)5-2;1-4-5(2)8-6(3)7;1-3-4(2)5/h5,8H,2,4,6-7H2,1,3H3,(H,11,13);5H,4H2,1-3H3;4-5H,3H2,1-2H3. The molecule has 0 radical (unpaired) electrons. The van der Waals surface area contributed by atoms with Crippen LogP contribution in [0.5, 0.6) is 0 Å². The van der Waals surface area contributed by atoms with E-state index >= 15 is 0 Å². The Labute approximate surface area is 169 Å². The molecule has 0 spiro atoms. The lowest BCUT2D eigenvalue weighted by Crippen LogP contribution is -2.30. The Morgan fingerprint density at radius 1 is 1.00 bits per heavy atom. The van der Waals surface area contributed by atoms with Gasteiger partial charge in [-0.1, -0.05) is 27.4 Å². The zero-order valence-electron chi connectivity index (χ0n) is 18.4. The maximum atomic E-state index is 11.0. The third kappa shape index (κ3) is 28.7. The Bertz CT molecular complexity index is 425. The SMILES string of the molecule is C=CC(=O)OCCNC(=O)OC(C)CC.CCC(C)O.CCC(C)OC(C)=O. The van der Waals surface area contributed by atoms with E-state index < -0.39 is 12.1 Å². The molecule has 0 aliphatic heterocycles. The van der Waals surface area contributed by atoms with Crippen LogP contribution in [0.1, 0.15) is 67.7 Å². The highest BCUT2D eigenvalue weighted by Crippen LogP contribution is 1.95. The Morgan fingerprint density at radius 2 is 1.46 bits per heavy atom. The molecule has 28 heavy (non-hydrogen) atoms. The van der Waals surface area contributed by atoms with Crippen LogP contribution in [0.2, 0.25) is 0 Å². The van der Waals surface area contributed by atoms with E-state index in [1.54, 1.807) is 13.8 Å². The number of hydrogen-bond donors (Lipinski definition) is 2. The van der Waals surface area contributed by atoms with E-state index in [9.17, 15) is 14.4 Å². The summed E-state index contributed by atoms with van der Waals surface area (Å²) in [5, 5.41) is 10.8. The number of aliphatic hydroxyl groups excluding tert-OH is 1. The van der Waals surface area contributed by atoms with Crippen molar-refractivity contribution in [3.05, 3.63) is 12.7 Å². The molecule has 0 aromatic heterocycles. The topological polar surface area (TPSA) is 111 Å². The van der Waals surface area contributed by atoms with Gasteiger partial charge < -0.3 is 24.6 Å². The lowest BCUT2D eigenvalue weighted by molar-refractivity contribution is -0.145. The van der Waals surface area contributed by atoms with Crippen molar-refractivity contribution in [3.8, 4) is 0 Å². The van der Waals surface area contributed by atoms with Crippen molar-refractivity contribution < 1.29 is 33.7 Å². The fraction of sp³-hybridized carbons (Fsp3) is 0.750. The molecule has 166 valence electrons. The molecule has 0 saturated carbocycles. The van der Waals surface area contributed by atoms with Gasteiger partial charge in [-0.25, -0.2) is 9.59 Å². The highest BCUT2D eigenvalue weighted by atomic mass is 16.6. The molecule has 0 aliphatic carbocycles. The summed E-state index contributed by atoms with van der Waals surface area (Å²) in [6, 6.07) is 0. The third-order valence-electron chi connectivity index (χ3n) is 3.20. The van der Waals surface area contributed by atoms with Crippen LogP contribution >= 0.6 is 0 Å². The van der Waals surface area contributed by atoms with Gasteiger partial charge in [0.2, 0.25) is 0 Å². The van der Waals surface area contributed by atoms with Gasteiger partial charge in [0.05, 0.1) is 18.8 Å². The van der Waals surface area contributed by atoms with Gasteiger partial charge in [-0.2, -0.15) is 0 Å². The van der Waals surface area contributed by atoms with Gasteiger partial charge >= 0.3 is 18.0 Å². The average molecular weight is 406 g/mol. The van der Waals surface area contributed by atoms with Gasteiger partial charge in [0, 0.05) is 13.0 Å². The van der Waals surface area contributed by atoms with Crippen LogP contribution in [-0.2, 0) is 23.8 Å². The molecule has 0 aromatic carbocycles. The molecule has 2 N–H and O–H groups in total. The van der Waals surface area contributed by atoms with Crippen LogP contribution in [0.25, 0.3) is 0 Å². The number of hydrogen-bond acceptors (Lipinski definition) is 7. The third-order valence-corrected chi connectivity index (χ3v) is 3.20. The number of carbonyl (C=O) groups excluding carboxylic acids is 3. The highest BCUT2D eigenvalue weighted by Gasteiger charge is 2.06. The summed E-state index contributed by atoms with van der Waals surface area (Å²) in [6.07, 6.45) is 2.93. The van der Waals surface area contributed by atoms with E-state index in [2.05, 4.69) is 16.6 Å². The summed E-state index contributed by atoms with van der Waals surface area (Å²) in [5.74, 6) is -0.702. The van der Waals surface area contributed by atoms with Gasteiger partial charge in [0.15, 0.2) is 0 Å². The number of rotatable bonds is 9. The van der Waals surface area contributed by atoms with Crippen molar-refractivity contribution in [3.63, 3.8) is 0 Å². The molecular weight excluding hydrogens is 366 g/mol. The first-order valence-corrected chi connectivity index (χ1v) is 9.62. The van der Waals surface area contributed by atoms with Crippen molar-refractivity contribution in [1.29, 1.82) is 0 Å². The van der Waals surface area contributed by atoms with Crippen molar-refractivity contribution in [2.45, 2.75) is 86.0 Å². The molecular formula is C20H39NO7. The van der Waals surface area contributed by atoms with E-state index in [0.717, 1.165) is 25.3 Å². The number of esters is 2. The molecule has 8 heteroatoms. The van der Waals surface area contributed by atoms with Crippen LogP contribution in [-0.4, -0.2) is 54.6 Å². The summed E-state index contributed by atoms with van der Waals surface area (Å²) >= 11 is 0. The summed E-state index contributed by atoms with van der Waals surface area (Å²) in [5.41, 5.74) is 0. The minimum absolute atomic E-state index is 0.0764. The van der Waals surface area contributed by atoms with Gasteiger partial charge in [-0.3, -0.25) is 4.79 Å². The number of nitrogens with one attached hydrogen (secondary N) is 1. The number of alkyl carbamates (subject to hydrolysis) is 1. The molecule has 3 unspecified atom stereocenters. The first kappa shape index (κ1) is 30.6. The first-order valence-electron chi connectivity index (χ1n) is 9.62. The molecule has 0 bridgehead atoms. The monoisotopic (exact) mass is 405 g/mol. The number of aliphatic hydroxyl groups is 1. The number of ether oxygens (including phenoxy) is 3. The van der Waals surface area contributed by atoms with Crippen LogP contribution in [0, 0.1) is 0 Å². The molecule has 0 aliphatic rings. The van der Waals surface area contributed by atoms with Crippen LogP contribution < -0.4 is 5.32 Å². The average Bonchev–Trinajstić information content (AvgIpc) is 2.65. The van der Waals surface area contributed by atoms with Crippen molar-refractivity contribution in [2.75, 3.05) is 13.2 Å². The zero-order valence-corrected chi connectivity index (χ0v) is 18.4. The molecule has 1 amide bonds. The number of carbonyl (C=O) groups is 3. The molecule has 0 heterocycles. The second kappa shape index (κ2) is 21.2. The highest BCUT2D eigenvalue weighted by molar-refractivity contribution is 5.81. The fourth-order valence-electron chi connectivity index (χ4n) is 1.04. The quantitative estimate of drug-likeness (QED) is 0.262. The predicted molar refractivity (Wildman–Crippen MR) is 109 cm³/mol. The van der Waals surface area contributed by atoms with E-state index in [4.69, 9.17) is 14.6 Å². The molecule has 3 atom stereocenters. The fourth-order valence-corrected chi connectivity index (χ4v) is 1.04. The molecule has 0 fully saturated rings. The molecule has 0 rings (SSSR count). The second-order valence-electron chi connectivity index (χ2n) is 6.01. The Hall–Kier alpha value is -2.09. The Balaban J connectivity index is -0.000000400. The zero-order chi connectivity index (χ0) is 22.5. The Kier molecular flexibility index (Phi) is 23.2. The van der Waals surface area contributed by atoms with Gasteiger partial charge in [-0.15, -0.1) is 0 Å². The molecule has 0 saturated heterocycles. The minimum atomic E-state index is -0.507. The smallest absolute Gasteiger partial charge is 0.407 e. The maximum Gasteiger partial charge on any atom is 0.407 e. The van der Waals surface area contributed by atoms with Gasteiger partial charge in [0.25, 0.3) is 0 Å². The normalized spacial score (nSPS) is 12.4. The van der Waals surface area contributed by atoms with E-state index in [0.29, 0.717) is 0 Å². The van der Waals surface area contributed by atoms with E-state index in [-0.39, 0.29) is 37.4 Å². The maximum absolute atomic E-state index is 11.0. The number of amides is 1.